The largest absolute Gasteiger partial charge is 0.368 e. The molecule has 2 saturated heterocycles. The van der Waals surface area contributed by atoms with Gasteiger partial charge >= 0.3 is 0 Å². The third-order valence-corrected chi connectivity index (χ3v) is 6.27. The van der Waals surface area contributed by atoms with E-state index in [0.717, 1.165) is 51.1 Å². The van der Waals surface area contributed by atoms with Crippen LogP contribution in [0.5, 0.6) is 0 Å². The Kier molecular flexibility index (Phi) is 4.06. The smallest absolute Gasteiger partial charge is 0.222 e. The molecule has 0 aromatic carbocycles. The first-order chi connectivity index (χ1) is 11.7. The number of amides is 1. The molecule has 2 N–H and O–H groups in total. The topological polar surface area (TPSA) is 75.3 Å². The molecule has 0 radical (unpaired) electrons. The summed E-state index contributed by atoms with van der Waals surface area (Å²) in [4.78, 5) is 25.3. The van der Waals surface area contributed by atoms with Crippen molar-refractivity contribution in [2.75, 3.05) is 30.3 Å². The number of likely N-dealkylation sites (tertiary alicyclic amines) is 1. The molecule has 0 bridgehead atoms. The minimum Gasteiger partial charge on any atom is -0.368 e. The van der Waals surface area contributed by atoms with Gasteiger partial charge in [-0.3, -0.25) is 4.79 Å². The third kappa shape index (κ3) is 2.94. The summed E-state index contributed by atoms with van der Waals surface area (Å²) in [5.74, 6) is 1.65. The summed E-state index contributed by atoms with van der Waals surface area (Å²) in [7, 11) is 0. The van der Waals surface area contributed by atoms with E-state index in [1.54, 1.807) is 6.20 Å². The molecule has 0 atom stereocenters. The Morgan fingerprint density at radius 1 is 1.17 bits per heavy atom. The molecule has 4 rings (SSSR count). The Hall–Kier alpha value is -1.85. The van der Waals surface area contributed by atoms with E-state index < -0.39 is 0 Å². The van der Waals surface area contributed by atoms with Gasteiger partial charge in [0.15, 0.2) is 0 Å². The van der Waals surface area contributed by atoms with Crippen molar-refractivity contribution in [3.8, 4) is 0 Å². The predicted molar refractivity (Wildman–Crippen MR) is 93.5 cm³/mol. The van der Waals surface area contributed by atoms with E-state index in [1.807, 2.05) is 6.07 Å². The van der Waals surface area contributed by atoms with Crippen molar-refractivity contribution in [3.63, 3.8) is 0 Å². The second-order valence-electron chi connectivity index (χ2n) is 7.72. The maximum atomic E-state index is 12.4. The van der Waals surface area contributed by atoms with E-state index in [2.05, 4.69) is 19.8 Å². The molecule has 1 aliphatic carbocycles. The Labute approximate surface area is 143 Å². The first-order valence-electron chi connectivity index (χ1n) is 9.28. The van der Waals surface area contributed by atoms with Gasteiger partial charge in [0.05, 0.1) is 0 Å². The number of hydrogen-bond acceptors (Lipinski definition) is 5. The molecule has 2 aliphatic heterocycles. The van der Waals surface area contributed by atoms with Crippen molar-refractivity contribution in [3.05, 3.63) is 12.3 Å². The van der Waals surface area contributed by atoms with E-state index in [0.29, 0.717) is 23.3 Å². The number of hydrogen-bond donors (Lipinski definition) is 1. The quantitative estimate of drug-likeness (QED) is 0.900. The molecule has 24 heavy (non-hydrogen) atoms. The first-order valence-corrected chi connectivity index (χ1v) is 9.28. The van der Waals surface area contributed by atoms with Crippen LogP contribution >= 0.6 is 0 Å². The number of nitrogen functional groups attached to an aromatic ring is 1. The van der Waals surface area contributed by atoms with Crippen molar-refractivity contribution in [1.29, 1.82) is 0 Å². The zero-order chi connectivity index (χ0) is 16.6. The van der Waals surface area contributed by atoms with Crippen LogP contribution in [0, 0.1) is 5.41 Å². The van der Waals surface area contributed by atoms with Crippen LogP contribution in [0.1, 0.15) is 51.4 Å². The van der Waals surface area contributed by atoms with Crippen LogP contribution in [0.4, 0.5) is 11.8 Å². The van der Waals surface area contributed by atoms with Crippen LogP contribution in [0.25, 0.3) is 0 Å². The number of carbonyl (C=O) groups is 1. The molecular formula is C18H27N5O. The van der Waals surface area contributed by atoms with Gasteiger partial charge in [-0.05, 0) is 43.6 Å². The first kappa shape index (κ1) is 15.7. The van der Waals surface area contributed by atoms with E-state index in [4.69, 9.17) is 5.73 Å². The molecule has 6 nitrogen and oxygen atoms in total. The highest BCUT2D eigenvalue weighted by atomic mass is 16.2. The molecule has 6 heteroatoms. The van der Waals surface area contributed by atoms with Gasteiger partial charge < -0.3 is 15.5 Å². The maximum Gasteiger partial charge on any atom is 0.222 e. The lowest BCUT2D eigenvalue weighted by Gasteiger charge is -2.49. The van der Waals surface area contributed by atoms with Crippen LogP contribution in [-0.2, 0) is 4.79 Å². The summed E-state index contributed by atoms with van der Waals surface area (Å²) in [5.41, 5.74) is 6.02. The number of rotatable bonds is 2. The number of carbonyl (C=O) groups excluding carboxylic acids is 1. The molecule has 0 unspecified atom stereocenters. The molecule has 1 amide bonds. The van der Waals surface area contributed by atoms with Gasteiger partial charge in [-0.15, -0.1) is 0 Å². The van der Waals surface area contributed by atoms with Gasteiger partial charge in [-0.25, -0.2) is 4.98 Å². The third-order valence-electron chi connectivity index (χ3n) is 6.27. The van der Waals surface area contributed by atoms with Crippen LogP contribution in [0.2, 0.25) is 0 Å². The van der Waals surface area contributed by atoms with Gasteiger partial charge in [-0.1, -0.05) is 12.8 Å². The minimum atomic E-state index is 0.311. The molecule has 1 spiro atoms. The van der Waals surface area contributed by atoms with Crippen LogP contribution in [-0.4, -0.2) is 46.5 Å². The Balaban J connectivity index is 1.43. The Morgan fingerprint density at radius 2 is 1.92 bits per heavy atom. The SMILES string of the molecule is Nc1nccc(N2CCC3(CCC(=O)N(C4CCCC4)C3)CC2)n1. The average Bonchev–Trinajstić information content (AvgIpc) is 3.12. The Morgan fingerprint density at radius 3 is 2.62 bits per heavy atom. The van der Waals surface area contributed by atoms with Crippen molar-refractivity contribution < 1.29 is 4.79 Å². The van der Waals surface area contributed by atoms with E-state index in [1.165, 1.54) is 25.7 Å². The van der Waals surface area contributed by atoms with E-state index in [9.17, 15) is 4.79 Å². The number of piperidine rings is 2. The van der Waals surface area contributed by atoms with E-state index in [-0.39, 0.29) is 0 Å². The fourth-order valence-corrected chi connectivity index (χ4v) is 4.75. The minimum absolute atomic E-state index is 0.311. The van der Waals surface area contributed by atoms with Crippen LogP contribution in [0.3, 0.4) is 0 Å². The van der Waals surface area contributed by atoms with Gasteiger partial charge in [0.25, 0.3) is 0 Å². The maximum absolute atomic E-state index is 12.4. The van der Waals surface area contributed by atoms with Gasteiger partial charge in [-0.2, -0.15) is 4.98 Å². The summed E-state index contributed by atoms with van der Waals surface area (Å²) in [6.45, 7) is 2.95. The van der Waals surface area contributed by atoms with Crippen LogP contribution in [0.15, 0.2) is 12.3 Å². The lowest BCUT2D eigenvalue weighted by Crippen LogP contribution is -2.54. The highest BCUT2D eigenvalue weighted by Gasteiger charge is 2.43. The molecule has 3 fully saturated rings. The van der Waals surface area contributed by atoms with Gasteiger partial charge in [0.2, 0.25) is 11.9 Å². The summed E-state index contributed by atoms with van der Waals surface area (Å²) in [6, 6.07) is 2.44. The van der Waals surface area contributed by atoms with Gasteiger partial charge in [0.1, 0.15) is 5.82 Å². The molecule has 130 valence electrons. The summed E-state index contributed by atoms with van der Waals surface area (Å²) in [6.07, 6.45) is 10.7. The number of nitrogens with zero attached hydrogens (tertiary/aromatic N) is 4. The number of anilines is 2. The predicted octanol–water partition coefficient (Wildman–Crippen LogP) is 2.21. The molecular weight excluding hydrogens is 302 g/mol. The van der Waals surface area contributed by atoms with E-state index >= 15 is 0 Å². The molecule has 1 aromatic rings. The monoisotopic (exact) mass is 329 g/mol. The number of aromatic nitrogens is 2. The normalized spacial score (nSPS) is 24.8. The second-order valence-corrected chi connectivity index (χ2v) is 7.72. The Bertz CT molecular complexity index is 605. The zero-order valence-corrected chi connectivity index (χ0v) is 14.3. The van der Waals surface area contributed by atoms with Crippen LogP contribution < -0.4 is 10.6 Å². The zero-order valence-electron chi connectivity index (χ0n) is 14.3. The summed E-state index contributed by atoms with van der Waals surface area (Å²) >= 11 is 0. The average molecular weight is 329 g/mol. The molecule has 3 aliphatic rings. The number of nitrogens with two attached hydrogens (primary N) is 1. The molecule has 1 aromatic heterocycles. The van der Waals surface area contributed by atoms with Crippen molar-refractivity contribution in [1.82, 2.24) is 14.9 Å². The van der Waals surface area contributed by atoms with Gasteiger partial charge in [0, 0.05) is 38.3 Å². The molecule has 1 saturated carbocycles. The molecule has 3 heterocycles. The highest BCUT2D eigenvalue weighted by molar-refractivity contribution is 5.77. The second kappa shape index (κ2) is 6.22. The standard InChI is InChI=1S/C18H27N5O/c19-17-20-10-6-15(21-17)22-11-8-18(9-12-22)7-5-16(24)23(13-18)14-3-1-2-4-14/h6,10,14H,1-5,7-9,11-13H2,(H2,19,20,21). The summed E-state index contributed by atoms with van der Waals surface area (Å²) < 4.78 is 0. The fraction of sp³-hybridized carbons (Fsp3) is 0.722. The lowest BCUT2D eigenvalue weighted by molar-refractivity contribution is -0.141. The highest BCUT2D eigenvalue weighted by Crippen LogP contribution is 2.42. The lowest BCUT2D eigenvalue weighted by atomic mass is 9.72. The van der Waals surface area contributed by atoms with Crippen molar-refractivity contribution in [2.24, 2.45) is 5.41 Å². The van der Waals surface area contributed by atoms with Crippen molar-refractivity contribution >= 4 is 17.7 Å². The fourth-order valence-electron chi connectivity index (χ4n) is 4.75. The van der Waals surface area contributed by atoms with Crippen molar-refractivity contribution in [2.45, 2.75) is 57.4 Å². The summed E-state index contributed by atoms with van der Waals surface area (Å²) in [5, 5.41) is 0.